The number of benzene rings is 1. The Morgan fingerprint density at radius 2 is 0.530 bits per heavy atom. The molecule has 83 heavy (non-hydrogen) atoms. The molecule has 0 N–H and O–H groups in total. The normalized spacial score (nSPS) is 11.6. The van der Waals surface area contributed by atoms with Gasteiger partial charge in [-0.3, -0.25) is 0 Å². The van der Waals surface area contributed by atoms with Crippen molar-refractivity contribution in [3.05, 3.63) is 42.7 Å². The highest BCUT2D eigenvalue weighted by Gasteiger charge is 2.20. The van der Waals surface area contributed by atoms with Crippen LogP contribution in [-0.2, 0) is 99.5 Å². The predicted molar refractivity (Wildman–Crippen MR) is 311 cm³/mol. The Morgan fingerprint density at radius 1 is 0.301 bits per heavy atom. The average molecular weight is 1190 g/mol. The third-order valence-corrected chi connectivity index (χ3v) is 10.9. The van der Waals surface area contributed by atoms with Gasteiger partial charge in [-0.2, -0.15) is 15.0 Å². The van der Waals surface area contributed by atoms with Crippen LogP contribution in [-0.4, -0.2) is 314 Å². The van der Waals surface area contributed by atoms with Crippen molar-refractivity contribution in [2.75, 3.05) is 308 Å². The molecular weight excluding hydrogens is 1090 g/mol. The summed E-state index contributed by atoms with van der Waals surface area (Å²) in [6.07, 6.45) is 0. The van der Waals surface area contributed by atoms with Crippen molar-refractivity contribution in [3.63, 3.8) is 0 Å². The van der Waals surface area contributed by atoms with Gasteiger partial charge in [-0.15, -0.1) is 0 Å². The molecule has 1 heterocycles. The van der Waals surface area contributed by atoms with E-state index >= 15 is 0 Å². The van der Waals surface area contributed by atoms with Gasteiger partial charge >= 0.3 is 0 Å². The summed E-state index contributed by atoms with van der Waals surface area (Å²) in [5.74, 6) is 1.36. The summed E-state index contributed by atoms with van der Waals surface area (Å²) in [7, 11) is 4.93. The van der Waals surface area contributed by atoms with Gasteiger partial charge in [0, 0.05) is 46.7 Å². The number of rotatable bonds is 67. The molecule has 26 nitrogen and oxygen atoms in total. The van der Waals surface area contributed by atoms with Gasteiger partial charge in [0.05, 0.1) is 258 Å². The Morgan fingerprint density at radius 3 is 0.783 bits per heavy atom. The predicted octanol–water partition coefficient (Wildman–Crippen LogP) is 3.09. The van der Waals surface area contributed by atoms with Crippen LogP contribution in [0.2, 0.25) is 0 Å². The Hall–Kier alpha value is -3.27. The van der Waals surface area contributed by atoms with Crippen LogP contribution in [0.25, 0.3) is 5.57 Å². The summed E-state index contributed by atoms with van der Waals surface area (Å²) in [4.78, 5) is 18.8. The second-order valence-electron chi connectivity index (χ2n) is 17.5. The molecule has 0 unspecified atom stereocenters. The topological polar surface area (TPSA) is 239 Å². The Bertz CT molecular complexity index is 1630. The Balaban J connectivity index is 1.83. The summed E-state index contributed by atoms with van der Waals surface area (Å²) in [6.45, 7) is 25.9. The van der Waals surface area contributed by atoms with Gasteiger partial charge < -0.3 is 109 Å². The van der Waals surface area contributed by atoms with Crippen LogP contribution in [0.5, 0.6) is 0 Å². The van der Waals surface area contributed by atoms with E-state index in [9.17, 15) is 0 Å². The minimum absolute atomic E-state index is 0.376. The molecule has 0 aliphatic heterocycles. The van der Waals surface area contributed by atoms with Crippen molar-refractivity contribution < 1.29 is 99.5 Å². The van der Waals surface area contributed by atoms with E-state index in [1.165, 1.54) is 0 Å². The first-order valence-corrected chi connectivity index (χ1v) is 29.0. The first-order valence-electron chi connectivity index (χ1n) is 29.0. The maximum absolute atomic E-state index is 6.04. The SMILES string of the molecule is C=C(C)c1nc(N(CCOCCOCCOCCOCCOCCOCCOC)CCOCCOCCOCCOCCOCCOCCOC)nc(N(CCOCCOCCOCCOCCOCCOCCOC)c2ccccc2)n1. The maximum Gasteiger partial charge on any atom is 0.235 e. The van der Waals surface area contributed by atoms with Gasteiger partial charge in [-0.05, 0) is 24.6 Å². The van der Waals surface area contributed by atoms with Gasteiger partial charge in [0.25, 0.3) is 0 Å². The summed E-state index contributed by atoms with van der Waals surface area (Å²) in [5, 5.41) is 0. The quantitative estimate of drug-likeness (QED) is 0.0865. The molecule has 0 radical (unpaired) electrons. The van der Waals surface area contributed by atoms with Crippen molar-refractivity contribution in [1.82, 2.24) is 15.0 Å². The third-order valence-electron chi connectivity index (χ3n) is 10.9. The van der Waals surface area contributed by atoms with Crippen LogP contribution in [0, 0.1) is 0 Å². The van der Waals surface area contributed by atoms with Gasteiger partial charge in [0.1, 0.15) is 0 Å². The third kappa shape index (κ3) is 47.6. The van der Waals surface area contributed by atoms with Crippen LogP contribution >= 0.6 is 0 Å². The first-order chi connectivity index (χ1) is 41.1. The van der Waals surface area contributed by atoms with E-state index < -0.39 is 0 Å². The molecule has 2 aromatic rings. The lowest BCUT2D eigenvalue weighted by molar-refractivity contribution is -0.0192. The second kappa shape index (κ2) is 60.4. The number of anilines is 3. The number of hydrogen-bond donors (Lipinski definition) is 0. The molecule has 0 fully saturated rings. The van der Waals surface area contributed by atoms with Gasteiger partial charge in [0.15, 0.2) is 5.82 Å². The van der Waals surface area contributed by atoms with E-state index in [2.05, 4.69) is 6.58 Å². The highest BCUT2D eigenvalue weighted by atomic mass is 16.6. The monoisotopic (exact) mass is 1190 g/mol. The van der Waals surface area contributed by atoms with E-state index in [4.69, 9.17) is 114 Å². The molecule has 482 valence electrons. The van der Waals surface area contributed by atoms with Crippen molar-refractivity contribution in [2.45, 2.75) is 6.92 Å². The van der Waals surface area contributed by atoms with Gasteiger partial charge in [-0.25, -0.2) is 0 Å². The zero-order valence-corrected chi connectivity index (χ0v) is 50.6. The summed E-state index contributed by atoms with van der Waals surface area (Å²) >= 11 is 0. The fraction of sp³-hybridized carbons (Fsp3) is 0.807. The largest absolute Gasteiger partial charge is 0.382 e. The fourth-order valence-electron chi connectivity index (χ4n) is 6.61. The van der Waals surface area contributed by atoms with Crippen LogP contribution in [0.1, 0.15) is 12.7 Å². The molecular formula is C57H103N5O21. The molecule has 0 amide bonds. The summed E-state index contributed by atoms with van der Waals surface area (Å²) < 4.78 is 116. The first kappa shape index (κ1) is 75.8. The average Bonchev–Trinajstić information content (AvgIpc) is 3.58. The van der Waals surface area contributed by atoms with Crippen LogP contribution in [0.15, 0.2) is 36.9 Å². The molecule has 0 bridgehead atoms. The van der Waals surface area contributed by atoms with E-state index in [1.807, 2.05) is 47.1 Å². The minimum atomic E-state index is 0.376. The summed E-state index contributed by atoms with van der Waals surface area (Å²) in [6, 6.07) is 9.92. The Labute approximate surface area is 494 Å². The zero-order valence-electron chi connectivity index (χ0n) is 50.6. The van der Waals surface area contributed by atoms with Crippen LogP contribution in [0.3, 0.4) is 0 Å². The number of nitrogens with zero attached hydrogens (tertiary/aromatic N) is 5. The number of allylic oxidation sites excluding steroid dienone is 1. The van der Waals surface area contributed by atoms with Crippen molar-refractivity contribution in [2.24, 2.45) is 0 Å². The minimum Gasteiger partial charge on any atom is -0.382 e. The molecule has 1 aromatic carbocycles. The number of ether oxygens (including phenoxy) is 21. The Kier molecular flexibility index (Phi) is 55.2. The highest BCUT2D eigenvalue weighted by Crippen LogP contribution is 2.25. The smallest absolute Gasteiger partial charge is 0.235 e. The maximum atomic E-state index is 6.04. The number of methoxy groups -OCH3 is 3. The lowest BCUT2D eigenvalue weighted by Crippen LogP contribution is -2.34. The highest BCUT2D eigenvalue weighted by molar-refractivity contribution is 5.62. The number of hydrogen-bond acceptors (Lipinski definition) is 26. The van der Waals surface area contributed by atoms with E-state index in [1.54, 1.807) is 21.3 Å². The molecule has 2 rings (SSSR count). The number of para-hydroxylation sites is 1. The lowest BCUT2D eigenvalue weighted by atomic mass is 10.3. The standard InChI is InChI=1S/C57H103N5O21/c1-53(2)55-58-56(60-57(59-55)62(54-9-7-6-8-10-54)13-16-68-25-28-74-37-40-80-49-52-83-46-43-77-34-31-71-22-19-65-5)61(11-14-66-23-26-72-35-38-78-47-50-81-44-41-75-32-29-69-20-17-63-3)12-15-67-24-27-73-36-39-79-48-51-82-45-42-76-33-30-70-21-18-64-4/h6-10H,1,11-52H2,2-5H3. The molecule has 26 heteroatoms. The van der Waals surface area contributed by atoms with Gasteiger partial charge in [0.2, 0.25) is 11.9 Å². The molecule has 0 aliphatic rings. The molecule has 0 atom stereocenters. The fourth-order valence-corrected chi connectivity index (χ4v) is 6.61. The zero-order chi connectivity index (χ0) is 59.2. The van der Waals surface area contributed by atoms with Crippen molar-refractivity contribution >= 4 is 23.2 Å². The molecule has 0 saturated carbocycles. The van der Waals surface area contributed by atoms with Crippen LogP contribution in [0.4, 0.5) is 17.6 Å². The second-order valence-corrected chi connectivity index (χ2v) is 17.5. The van der Waals surface area contributed by atoms with E-state index in [0.29, 0.717) is 301 Å². The molecule has 1 aromatic heterocycles. The van der Waals surface area contributed by atoms with Crippen molar-refractivity contribution in [1.29, 1.82) is 0 Å². The van der Waals surface area contributed by atoms with Crippen molar-refractivity contribution in [3.8, 4) is 0 Å². The van der Waals surface area contributed by atoms with Crippen LogP contribution < -0.4 is 9.80 Å². The lowest BCUT2D eigenvalue weighted by Gasteiger charge is -2.27. The summed E-state index contributed by atoms with van der Waals surface area (Å²) in [5.41, 5.74) is 1.57. The van der Waals surface area contributed by atoms with E-state index in [0.717, 1.165) is 5.69 Å². The molecule has 0 saturated heterocycles. The van der Waals surface area contributed by atoms with Gasteiger partial charge in [-0.1, -0.05) is 24.8 Å². The molecule has 0 aliphatic carbocycles. The number of aromatic nitrogens is 3. The molecule has 0 spiro atoms. The van der Waals surface area contributed by atoms with E-state index in [-0.39, 0.29) is 0 Å².